The van der Waals surface area contributed by atoms with Gasteiger partial charge in [-0.15, -0.1) is 0 Å². The van der Waals surface area contributed by atoms with Crippen molar-refractivity contribution in [1.82, 2.24) is 14.3 Å². The van der Waals surface area contributed by atoms with Gasteiger partial charge in [0, 0.05) is 37.9 Å². The van der Waals surface area contributed by atoms with E-state index >= 15 is 0 Å². The molecule has 0 saturated carbocycles. The standard InChI is InChI=1S/C22H19ClF3N5O3S/c23-18-12-15(22(24,25)26)13-19(29-18)30-8-10-31(11-9-30)35(33,34)16-5-3-14(4-6-16)17-2-1-7-28-20(17)21(27)32/h1-7,12-13H,8-11H2,(H2,27,32). The number of sulfonamides is 1. The van der Waals surface area contributed by atoms with Gasteiger partial charge in [-0.2, -0.15) is 17.5 Å². The van der Waals surface area contributed by atoms with Gasteiger partial charge in [0.25, 0.3) is 5.91 Å². The van der Waals surface area contributed by atoms with Crippen molar-refractivity contribution in [2.24, 2.45) is 5.73 Å². The summed E-state index contributed by atoms with van der Waals surface area (Å²) in [4.78, 5) is 21.2. The van der Waals surface area contributed by atoms with Crippen LogP contribution in [0.5, 0.6) is 0 Å². The highest BCUT2D eigenvalue weighted by Gasteiger charge is 2.33. The van der Waals surface area contributed by atoms with Gasteiger partial charge in [-0.05, 0) is 35.9 Å². The molecule has 35 heavy (non-hydrogen) atoms. The van der Waals surface area contributed by atoms with Crippen molar-refractivity contribution >= 4 is 33.3 Å². The summed E-state index contributed by atoms with van der Waals surface area (Å²) in [6.45, 7) is 0.376. The topological polar surface area (TPSA) is 109 Å². The third-order valence-electron chi connectivity index (χ3n) is 5.51. The van der Waals surface area contributed by atoms with E-state index in [2.05, 4.69) is 9.97 Å². The number of hydrogen-bond acceptors (Lipinski definition) is 6. The molecule has 0 aliphatic carbocycles. The van der Waals surface area contributed by atoms with Gasteiger partial charge in [-0.3, -0.25) is 9.78 Å². The number of benzene rings is 1. The van der Waals surface area contributed by atoms with Crippen LogP contribution in [0.2, 0.25) is 5.15 Å². The summed E-state index contributed by atoms with van der Waals surface area (Å²) in [6.07, 6.45) is -3.14. The van der Waals surface area contributed by atoms with Gasteiger partial charge in [0.15, 0.2) is 0 Å². The molecular weight excluding hydrogens is 507 g/mol. The number of rotatable bonds is 5. The van der Waals surface area contributed by atoms with Gasteiger partial charge in [-0.1, -0.05) is 29.8 Å². The lowest BCUT2D eigenvalue weighted by Gasteiger charge is -2.35. The fourth-order valence-electron chi connectivity index (χ4n) is 3.76. The fraction of sp³-hybridized carbons (Fsp3) is 0.227. The van der Waals surface area contributed by atoms with E-state index in [0.29, 0.717) is 11.1 Å². The number of hydrogen-bond donors (Lipinski definition) is 1. The maximum Gasteiger partial charge on any atom is 0.416 e. The lowest BCUT2D eigenvalue weighted by Crippen LogP contribution is -2.49. The van der Waals surface area contributed by atoms with E-state index in [1.807, 2.05) is 0 Å². The lowest BCUT2D eigenvalue weighted by molar-refractivity contribution is -0.137. The smallest absolute Gasteiger partial charge is 0.364 e. The molecule has 0 unspecified atom stereocenters. The first-order valence-corrected chi connectivity index (χ1v) is 12.1. The predicted octanol–water partition coefficient (Wildman–Crippen LogP) is 3.43. The van der Waals surface area contributed by atoms with Crippen LogP contribution < -0.4 is 10.6 Å². The first-order chi connectivity index (χ1) is 16.5. The number of alkyl halides is 3. The summed E-state index contributed by atoms with van der Waals surface area (Å²) >= 11 is 5.77. The highest BCUT2D eigenvalue weighted by Crippen LogP contribution is 2.33. The number of aromatic nitrogens is 2. The number of anilines is 1. The van der Waals surface area contributed by atoms with Crippen molar-refractivity contribution in [2.45, 2.75) is 11.1 Å². The number of carbonyl (C=O) groups is 1. The van der Waals surface area contributed by atoms with Gasteiger partial charge >= 0.3 is 6.18 Å². The quantitative estimate of drug-likeness (QED) is 0.511. The summed E-state index contributed by atoms with van der Waals surface area (Å²) < 4.78 is 66.8. The second-order valence-electron chi connectivity index (χ2n) is 7.71. The van der Waals surface area contributed by atoms with Gasteiger partial charge < -0.3 is 10.6 Å². The minimum absolute atomic E-state index is 0.0351. The molecular formula is C22H19ClF3N5O3S. The third-order valence-corrected chi connectivity index (χ3v) is 7.62. The Bertz CT molecular complexity index is 1360. The number of pyridine rings is 2. The van der Waals surface area contributed by atoms with E-state index in [0.717, 1.165) is 12.1 Å². The summed E-state index contributed by atoms with van der Waals surface area (Å²) in [5.74, 6) is -0.667. The van der Waals surface area contributed by atoms with Gasteiger partial charge in [-0.25, -0.2) is 13.4 Å². The average molecular weight is 526 g/mol. The zero-order chi connectivity index (χ0) is 25.4. The maximum atomic E-state index is 13.1. The molecule has 3 heterocycles. The molecule has 2 aromatic heterocycles. The van der Waals surface area contributed by atoms with Gasteiger partial charge in [0.05, 0.1) is 10.5 Å². The van der Waals surface area contributed by atoms with Crippen molar-refractivity contribution in [3.8, 4) is 11.1 Å². The van der Waals surface area contributed by atoms with Crippen LogP contribution in [0.1, 0.15) is 16.1 Å². The molecule has 8 nitrogen and oxygen atoms in total. The SMILES string of the molecule is NC(=O)c1ncccc1-c1ccc(S(=O)(=O)N2CCN(c3cc(C(F)(F)F)cc(Cl)n3)CC2)cc1. The van der Waals surface area contributed by atoms with E-state index < -0.39 is 27.7 Å². The van der Waals surface area contributed by atoms with Crippen molar-refractivity contribution in [2.75, 3.05) is 31.1 Å². The normalized spacial score (nSPS) is 15.3. The van der Waals surface area contributed by atoms with Crippen LogP contribution in [0.4, 0.5) is 19.0 Å². The van der Waals surface area contributed by atoms with E-state index in [-0.39, 0.29) is 47.7 Å². The minimum atomic E-state index is -4.58. The van der Waals surface area contributed by atoms with Crippen LogP contribution in [0.3, 0.4) is 0 Å². The lowest BCUT2D eigenvalue weighted by atomic mass is 10.0. The number of piperazine rings is 1. The Morgan fingerprint density at radius 1 is 1.03 bits per heavy atom. The average Bonchev–Trinajstić information content (AvgIpc) is 2.83. The zero-order valence-corrected chi connectivity index (χ0v) is 19.6. The molecule has 1 saturated heterocycles. The number of primary amides is 1. The van der Waals surface area contributed by atoms with Gasteiger partial charge in [0.1, 0.15) is 16.7 Å². The zero-order valence-electron chi connectivity index (χ0n) is 18.0. The second-order valence-corrected chi connectivity index (χ2v) is 10.0. The van der Waals surface area contributed by atoms with Crippen LogP contribution in [0.25, 0.3) is 11.1 Å². The predicted molar refractivity (Wildman–Crippen MR) is 123 cm³/mol. The molecule has 0 bridgehead atoms. The Hall–Kier alpha value is -3.22. The van der Waals surface area contributed by atoms with Crippen LogP contribution >= 0.6 is 11.6 Å². The van der Waals surface area contributed by atoms with Crippen LogP contribution in [-0.2, 0) is 16.2 Å². The number of nitrogens with two attached hydrogens (primary N) is 1. The Morgan fingerprint density at radius 3 is 2.29 bits per heavy atom. The summed E-state index contributed by atoms with van der Waals surface area (Å²) in [6, 6.07) is 10.9. The van der Waals surface area contributed by atoms with E-state index in [4.69, 9.17) is 17.3 Å². The molecule has 0 radical (unpaired) electrons. The molecule has 1 aliphatic rings. The van der Waals surface area contributed by atoms with Crippen molar-refractivity contribution in [3.63, 3.8) is 0 Å². The Balaban J connectivity index is 1.50. The Morgan fingerprint density at radius 2 is 1.69 bits per heavy atom. The van der Waals surface area contributed by atoms with Crippen LogP contribution in [-0.4, -0.2) is 54.8 Å². The van der Waals surface area contributed by atoms with Crippen LogP contribution in [0.15, 0.2) is 59.6 Å². The molecule has 3 aromatic rings. The molecule has 2 N–H and O–H groups in total. The van der Waals surface area contributed by atoms with Crippen molar-refractivity contribution < 1.29 is 26.4 Å². The molecule has 1 aromatic carbocycles. The monoisotopic (exact) mass is 525 g/mol. The highest BCUT2D eigenvalue weighted by atomic mass is 35.5. The van der Waals surface area contributed by atoms with E-state index in [9.17, 15) is 26.4 Å². The van der Waals surface area contributed by atoms with Crippen molar-refractivity contribution in [3.05, 3.63) is 71.1 Å². The minimum Gasteiger partial charge on any atom is -0.364 e. The second kappa shape index (κ2) is 9.44. The fourth-order valence-corrected chi connectivity index (χ4v) is 5.38. The summed E-state index contributed by atoms with van der Waals surface area (Å²) in [5, 5.41) is -0.293. The molecule has 1 amide bonds. The van der Waals surface area contributed by atoms with Gasteiger partial charge in [0.2, 0.25) is 10.0 Å². The largest absolute Gasteiger partial charge is 0.416 e. The third kappa shape index (κ3) is 5.24. The Labute approximate surface area is 204 Å². The number of carbonyl (C=O) groups excluding carboxylic acids is 1. The molecule has 0 spiro atoms. The van der Waals surface area contributed by atoms with Crippen molar-refractivity contribution in [1.29, 1.82) is 0 Å². The maximum absolute atomic E-state index is 13.1. The first-order valence-electron chi connectivity index (χ1n) is 10.3. The van der Waals surface area contributed by atoms with E-state index in [1.54, 1.807) is 29.2 Å². The summed E-state index contributed by atoms with van der Waals surface area (Å²) in [7, 11) is -3.86. The molecule has 0 atom stereocenters. The molecule has 184 valence electrons. The molecule has 1 fully saturated rings. The summed E-state index contributed by atoms with van der Waals surface area (Å²) in [5.41, 5.74) is 5.56. The van der Waals surface area contributed by atoms with Crippen LogP contribution in [0, 0.1) is 0 Å². The first kappa shape index (κ1) is 24.9. The molecule has 1 aliphatic heterocycles. The Kier molecular flexibility index (Phi) is 6.71. The number of nitrogens with zero attached hydrogens (tertiary/aromatic N) is 4. The van der Waals surface area contributed by atoms with E-state index in [1.165, 1.54) is 22.6 Å². The number of amides is 1. The number of halogens is 4. The molecule has 13 heteroatoms. The highest BCUT2D eigenvalue weighted by molar-refractivity contribution is 7.89. The molecule has 4 rings (SSSR count).